The highest BCUT2D eigenvalue weighted by Crippen LogP contribution is 2.36. The van der Waals surface area contributed by atoms with Gasteiger partial charge < -0.3 is 10.6 Å². The van der Waals surface area contributed by atoms with Gasteiger partial charge in [-0.25, -0.2) is 0 Å². The number of nitrogens with two attached hydrogens (primary N) is 1. The van der Waals surface area contributed by atoms with Gasteiger partial charge in [0.15, 0.2) is 0 Å². The Kier molecular flexibility index (Phi) is 3.10. The number of rotatable bonds is 3. The first-order chi connectivity index (χ1) is 6.72. The van der Waals surface area contributed by atoms with E-state index in [1.165, 1.54) is 25.9 Å². The van der Waals surface area contributed by atoms with Crippen LogP contribution in [0.5, 0.6) is 0 Å². The molecule has 1 saturated carbocycles. The first kappa shape index (κ1) is 10.4. The summed E-state index contributed by atoms with van der Waals surface area (Å²) in [5.74, 6) is 0.965. The Morgan fingerprint density at radius 3 is 2.64 bits per heavy atom. The van der Waals surface area contributed by atoms with Crippen molar-refractivity contribution in [3.8, 4) is 0 Å². The molecule has 0 aromatic rings. The molecule has 3 nitrogen and oxygen atoms in total. The molecular weight excluding hydrogens is 174 g/mol. The molecule has 1 saturated heterocycles. The molecule has 2 N–H and O–H groups in total. The predicted octanol–water partition coefficient (Wildman–Crippen LogP) is 0.360. The van der Waals surface area contributed by atoms with Crippen LogP contribution in [0.25, 0.3) is 0 Å². The lowest BCUT2D eigenvalue weighted by atomic mass is 10.1. The highest BCUT2D eigenvalue weighted by Gasteiger charge is 2.36. The zero-order valence-electron chi connectivity index (χ0n) is 9.45. The lowest BCUT2D eigenvalue weighted by Crippen LogP contribution is -2.57. The number of nitrogens with zero attached hydrogens (tertiary/aromatic N) is 2. The van der Waals surface area contributed by atoms with E-state index >= 15 is 0 Å². The molecule has 2 fully saturated rings. The molecule has 2 unspecified atom stereocenters. The Hall–Kier alpha value is -0.120. The summed E-state index contributed by atoms with van der Waals surface area (Å²) in [7, 11) is 2.20. The Morgan fingerprint density at radius 1 is 1.36 bits per heavy atom. The molecule has 2 rings (SSSR count). The van der Waals surface area contributed by atoms with Crippen LogP contribution in [0.1, 0.15) is 19.8 Å². The van der Waals surface area contributed by atoms with Gasteiger partial charge in [-0.05, 0) is 32.7 Å². The SMILES string of the molecule is CC(C1CC1)N1CCN(C)CC1CN. The minimum atomic E-state index is 0.587. The van der Waals surface area contributed by atoms with Crippen molar-refractivity contribution in [3.63, 3.8) is 0 Å². The molecular formula is C11H23N3. The Morgan fingerprint density at radius 2 is 2.07 bits per heavy atom. The van der Waals surface area contributed by atoms with Crippen LogP contribution in [-0.2, 0) is 0 Å². The van der Waals surface area contributed by atoms with Gasteiger partial charge in [-0.3, -0.25) is 4.90 Å². The summed E-state index contributed by atoms with van der Waals surface area (Å²) >= 11 is 0. The second-order valence-electron chi connectivity index (χ2n) is 4.97. The van der Waals surface area contributed by atoms with Crippen LogP contribution >= 0.6 is 0 Å². The molecule has 82 valence electrons. The van der Waals surface area contributed by atoms with Gasteiger partial charge in [-0.2, -0.15) is 0 Å². The third kappa shape index (κ3) is 2.10. The van der Waals surface area contributed by atoms with E-state index in [0.717, 1.165) is 25.0 Å². The van der Waals surface area contributed by atoms with Gasteiger partial charge in [-0.15, -0.1) is 0 Å². The maximum atomic E-state index is 5.85. The van der Waals surface area contributed by atoms with Gasteiger partial charge in [-0.1, -0.05) is 0 Å². The lowest BCUT2D eigenvalue weighted by Gasteiger charge is -2.43. The van der Waals surface area contributed by atoms with E-state index < -0.39 is 0 Å². The van der Waals surface area contributed by atoms with Crippen molar-refractivity contribution >= 4 is 0 Å². The van der Waals surface area contributed by atoms with E-state index in [-0.39, 0.29) is 0 Å². The zero-order chi connectivity index (χ0) is 10.1. The Bertz CT molecular complexity index is 191. The van der Waals surface area contributed by atoms with Crippen molar-refractivity contribution in [2.75, 3.05) is 33.2 Å². The van der Waals surface area contributed by atoms with Crippen molar-refractivity contribution in [1.29, 1.82) is 0 Å². The fraction of sp³-hybridized carbons (Fsp3) is 1.00. The standard InChI is InChI=1S/C11H23N3/c1-9(10-3-4-10)14-6-5-13(2)8-11(14)7-12/h9-11H,3-8,12H2,1-2H3. The highest BCUT2D eigenvalue weighted by atomic mass is 15.3. The molecule has 2 atom stereocenters. The van der Waals surface area contributed by atoms with E-state index in [4.69, 9.17) is 5.73 Å². The van der Waals surface area contributed by atoms with Crippen molar-refractivity contribution in [3.05, 3.63) is 0 Å². The maximum Gasteiger partial charge on any atom is 0.0349 e. The summed E-state index contributed by atoms with van der Waals surface area (Å²) in [5.41, 5.74) is 5.85. The van der Waals surface area contributed by atoms with Gasteiger partial charge in [0.1, 0.15) is 0 Å². The smallest absolute Gasteiger partial charge is 0.0349 e. The van der Waals surface area contributed by atoms with Gasteiger partial charge in [0, 0.05) is 38.3 Å². The summed E-state index contributed by atoms with van der Waals surface area (Å²) in [6, 6.07) is 1.35. The molecule has 0 spiro atoms. The Labute approximate surface area is 87.2 Å². The van der Waals surface area contributed by atoms with Crippen LogP contribution in [-0.4, -0.2) is 55.1 Å². The highest BCUT2D eigenvalue weighted by molar-refractivity contribution is 4.91. The van der Waals surface area contributed by atoms with Crippen LogP contribution in [0.4, 0.5) is 0 Å². The fourth-order valence-corrected chi connectivity index (χ4v) is 2.62. The van der Waals surface area contributed by atoms with E-state index in [2.05, 4.69) is 23.8 Å². The fourth-order valence-electron chi connectivity index (χ4n) is 2.62. The topological polar surface area (TPSA) is 32.5 Å². The Balaban J connectivity index is 1.94. The molecule has 0 amide bonds. The molecule has 3 heteroatoms. The summed E-state index contributed by atoms with van der Waals surface area (Å²) < 4.78 is 0. The van der Waals surface area contributed by atoms with Crippen molar-refractivity contribution in [1.82, 2.24) is 9.80 Å². The van der Waals surface area contributed by atoms with Gasteiger partial charge in [0.2, 0.25) is 0 Å². The zero-order valence-corrected chi connectivity index (χ0v) is 9.45. The first-order valence-electron chi connectivity index (χ1n) is 5.86. The summed E-state index contributed by atoms with van der Waals surface area (Å²) in [6.07, 6.45) is 2.87. The monoisotopic (exact) mass is 197 g/mol. The third-order valence-corrected chi connectivity index (χ3v) is 3.83. The van der Waals surface area contributed by atoms with E-state index in [1.807, 2.05) is 0 Å². The second-order valence-corrected chi connectivity index (χ2v) is 4.97. The predicted molar refractivity (Wildman–Crippen MR) is 59.2 cm³/mol. The molecule has 0 aromatic heterocycles. The molecule has 1 aliphatic carbocycles. The van der Waals surface area contributed by atoms with Crippen LogP contribution in [0.2, 0.25) is 0 Å². The molecule has 0 radical (unpaired) electrons. The quantitative estimate of drug-likeness (QED) is 0.709. The minimum Gasteiger partial charge on any atom is -0.329 e. The number of hydrogen-bond donors (Lipinski definition) is 1. The maximum absolute atomic E-state index is 5.85. The largest absolute Gasteiger partial charge is 0.329 e. The van der Waals surface area contributed by atoms with Crippen LogP contribution in [0.3, 0.4) is 0 Å². The van der Waals surface area contributed by atoms with Crippen LogP contribution in [0, 0.1) is 5.92 Å². The van der Waals surface area contributed by atoms with E-state index in [0.29, 0.717) is 6.04 Å². The van der Waals surface area contributed by atoms with Crippen molar-refractivity contribution in [2.24, 2.45) is 11.7 Å². The summed E-state index contributed by atoms with van der Waals surface area (Å²) in [6.45, 7) is 6.74. The molecule has 14 heavy (non-hydrogen) atoms. The number of likely N-dealkylation sites (N-methyl/N-ethyl adjacent to an activating group) is 1. The van der Waals surface area contributed by atoms with Crippen LogP contribution < -0.4 is 5.73 Å². The van der Waals surface area contributed by atoms with Gasteiger partial charge in [0.05, 0.1) is 0 Å². The van der Waals surface area contributed by atoms with Crippen molar-refractivity contribution in [2.45, 2.75) is 31.8 Å². The second kappa shape index (κ2) is 4.17. The molecule has 0 bridgehead atoms. The molecule has 1 heterocycles. The normalized spacial score (nSPS) is 33.2. The van der Waals surface area contributed by atoms with Crippen molar-refractivity contribution < 1.29 is 0 Å². The number of piperazine rings is 1. The molecule has 1 aliphatic heterocycles. The van der Waals surface area contributed by atoms with E-state index in [1.54, 1.807) is 0 Å². The number of hydrogen-bond acceptors (Lipinski definition) is 3. The summed E-state index contributed by atoms with van der Waals surface area (Å²) in [4.78, 5) is 5.03. The van der Waals surface area contributed by atoms with E-state index in [9.17, 15) is 0 Å². The third-order valence-electron chi connectivity index (χ3n) is 3.83. The van der Waals surface area contributed by atoms with Gasteiger partial charge in [0.25, 0.3) is 0 Å². The first-order valence-corrected chi connectivity index (χ1v) is 5.86. The average Bonchev–Trinajstić information content (AvgIpc) is 3.00. The summed E-state index contributed by atoms with van der Waals surface area (Å²) in [5, 5.41) is 0. The lowest BCUT2D eigenvalue weighted by molar-refractivity contribution is 0.0545. The van der Waals surface area contributed by atoms with Gasteiger partial charge >= 0.3 is 0 Å². The minimum absolute atomic E-state index is 0.587. The van der Waals surface area contributed by atoms with Crippen LogP contribution in [0.15, 0.2) is 0 Å². The molecule has 0 aromatic carbocycles. The average molecular weight is 197 g/mol. The molecule has 2 aliphatic rings.